The van der Waals surface area contributed by atoms with E-state index in [4.69, 9.17) is 4.74 Å². The van der Waals surface area contributed by atoms with Gasteiger partial charge in [-0.05, 0) is 169 Å². The fourth-order valence-electron chi connectivity index (χ4n) is 14.1. The zero-order chi connectivity index (χ0) is 104. The van der Waals surface area contributed by atoms with Crippen LogP contribution < -0.4 is 0 Å². The third-order valence-corrected chi connectivity index (χ3v) is 23.3. The van der Waals surface area contributed by atoms with Gasteiger partial charge >= 0.3 is 0 Å². The van der Waals surface area contributed by atoms with Gasteiger partial charge in [-0.2, -0.15) is 45.9 Å². The van der Waals surface area contributed by atoms with Crippen LogP contribution >= 0.6 is 0 Å². The summed E-state index contributed by atoms with van der Waals surface area (Å²) in [5, 5.41) is 43.3. The summed E-state index contributed by atoms with van der Waals surface area (Å²) in [6, 6.07) is 68.2. The lowest BCUT2D eigenvalue weighted by atomic mass is 10.0. The molecule has 28 nitrogen and oxygen atoms in total. The number of nitrogens with zero attached hydrogens (tertiary/aromatic N) is 25. The van der Waals surface area contributed by atoms with Gasteiger partial charge in [0.25, 0.3) is 0 Å². The van der Waals surface area contributed by atoms with Crippen LogP contribution in [0.15, 0.2) is 257 Å². The Bertz CT molecular complexity index is 6720. The number of aromatic nitrogens is 27. The van der Waals surface area contributed by atoms with E-state index in [1.807, 2.05) is 125 Å². The van der Waals surface area contributed by atoms with Crippen molar-refractivity contribution in [2.75, 3.05) is 13.7 Å². The van der Waals surface area contributed by atoms with E-state index >= 15 is 0 Å². The molecule has 0 saturated carbocycles. The van der Waals surface area contributed by atoms with Crippen LogP contribution in [0.1, 0.15) is 262 Å². The van der Waals surface area contributed by atoms with Crippen molar-refractivity contribution in [2.24, 2.45) is 14.1 Å². The van der Waals surface area contributed by atoms with Crippen LogP contribution in [0.2, 0.25) is 0 Å². The Balaban J connectivity index is 0.000000167. The monoisotopic (exact) mass is 1950 g/mol. The molecular weight excluding hydrogens is 1810 g/mol. The summed E-state index contributed by atoms with van der Waals surface area (Å²) < 4.78 is 59.2. The molecule has 0 atom stereocenters. The van der Waals surface area contributed by atoms with Crippen LogP contribution in [0, 0.1) is 24.4 Å². The Morgan fingerprint density at radius 2 is 0.625 bits per heavy atom. The van der Waals surface area contributed by atoms with Gasteiger partial charge < -0.3 is 4.74 Å². The van der Waals surface area contributed by atoms with Crippen LogP contribution in [0.4, 0.5) is 13.2 Å². The second kappa shape index (κ2) is 55.4. The Labute approximate surface area is 846 Å². The lowest BCUT2D eigenvalue weighted by molar-refractivity contribution is 0.183. The highest BCUT2D eigenvalue weighted by Crippen LogP contribution is 2.31. The van der Waals surface area contributed by atoms with E-state index in [1.54, 1.807) is 100 Å². The van der Waals surface area contributed by atoms with Crippen LogP contribution in [0.5, 0.6) is 0 Å². The molecule has 0 aliphatic rings. The van der Waals surface area contributed by atoms with E-state index in [-0.39, 0.29) is 17.5 Å². The molecule has 18 rings (SSSR count). The average Bonchev–Trinajstić information content (AvgIpc) is 1.73. The SMILES string of the molecule is CC(C)c1ccc(-c2ncn(C(C)C)n2)cc1.CC(C)c1ccc(-c2ncn[nH]2)c(F)c1.CC(C)c1ccc(-c2ncn[nH]2)cc1.CCCn1cnc(-c2ccc(C(C)C)cc2)n1.CCCn1cnc(-c2ccc(C(C)C)cc2F)n1.CCn1cnc(-c2ccc(C(C)C)cc2)n1.COCCn1cnc(-c2ccc(C(C)C)cc2F)n1.Cc1nc(-c2ccc(C(C)C)cc2)nn1C.Cn1cnc(-c2ccccc2)n1. The fourth-order valence-corrected chi connectivity index (χ4v) is 14.1. The third kappa shape index (κ3) is 33.3. The van der Waals surface area contributed by atoms with Crippen molar-refractivity contribution < 1.29 is 17.9 Å². The standard InChI is InChI=1S/C14H18FN3O.C14H18FN3.2C14H19N3.2C13H17N3.C11H12FN3.C11H13N3.C9H9N3/c1-10(2)11-4-5-12(13(15)8-11)14-16-9-18(17-14)6-7-19-3;1-4-7-18-9-16-14(17-18)12-6-5-11(10(2)3)8-13(12)15;1-10(2)12-5-7-13(8-6-12)14-15-9-17(16-14)11(3)4;1-4-9-17-10-15-14(16-17)13-7-5-12(6-8-13)11(2)3;1-9(2)11-5-7-12(8-6-11)13-14-10(3)16(4)15-13;1-4-16-9-14-13(15-16)12-7-5-11(6-8-12)10(2)3;1-7(2)8-3-4-9(10(12)5-8)11-13-6-14-15-11;1-8(2)9-3-5-10(6-4-9)11-12-7-13-14-11;1-12-7-10-9(11-12)8-5-3-2-4-6-8/h4-5,8-10H,6-7H2,1-3H3;5-6,8-10H,4,7H2,1-3H3;5-11H,1-4H3;5-8,10-11H,4,9H2,1-3H3;5-9H,1-4H3;5-10H,4H2,1-3H3;3-7H,1-2H3,(H,13,14,15);3-8H,1-2H3,(H,12,13,14);2-7H,1H3. The molecule has 0 radical (unpaired) electrons. The van der Waals surface area contributed by atoms with E-state index < -0.39 is 0 Å². The molecule has 2 N–H and O–H groups in total. The summed E-state index contributed by atoms with van der Waals surface area (Å²) in [6.07, 6.45) is 15.2. The van der Waals surface area contributed by atoms with E-state index in [2.05, 4.69) is 326 Å². The van der Waals surface area contributed by atoms with Crippen LogP contribution in [0.3, 0.4) is 0 Å². The number of ether oxygens (including phenoxy) is 1. The Kier molecular flexibility index (Phi) is 42.7. The van der Waals surface area contributed by atoms with Crippen molar-refractivity contribution in [2.45, 2.75) is 245 Å². The maximum absolute atomic E-state index is 14.0. The highest BCUT2D eigenvalue weighted by Gasteiger charge is 2.18. The molecule has 0 bridgehead atoms. The quantitative estimate of drug-likeness (QED) is 0.0509. The number of aromatic amines is 2. The van der Waals surface area contributed by atoms with Gasteiger partial charge in [-0.25, -0.2) is 62.7 Å². The first-order valence-electron chi connectivity index (χ1n) is 49.5. The first kappa shape index (κ1) is 111. The highest BCUT2D eigenvalue weighted by molar-refractivity contribution is 5.62. The number of methoxy groups -OCH3 is 1. The van der Waals surface area contributed by atoms with Crippen molar-refractivity contribution in [1.29, 1.82) is 0 Å². The van der Waals surface area contributed by atoms with Crippen LogP contribution in [-0.4, -0.2) is 147 Å². The topological polar surface area (TPSA) is 307 Å². The zero-order valence-electron chi connectivity index (χ0n) is 88.1. The number of rotatable bonds is 26. The normalized spacial score (nSPS) is 11.0. The molecule has 0 unspecified atom stereocenters. The minimum absolute atomic E-state index is 0.254. The fraction of sp³-hybridized carbons (Fsp3) is 0.363. The number of halogens is 3. The van der Waals surface area contributed by atoms with Crippen molar-refractivity contribution in [3.05, 3.63) is 325 Å². The first-order valence-corrected chi connectivity index (χ1v) is 49.5. The lowest BCUT2D eigenvalue weighted by Crippen LogP contribution is -2.04. The largest absolute Gasteiger partial charge is 0.383 e. The van der Waals surface area contributed by atoms with Crippen molar-refractivity contribution in [3.8, 4) is 102 Å². The number of aryl methyl sites for hydroxylation is 6. The molecule has 756 valence electrons. The molecule has 0 fully saturated rings. The molecule has 18 aromatic rings. The minimum atomic E-state index is -0.282. The third-order valence-electron chi connectivity index (χ3n) is 23.3. The van der Waals surface area contributed by atoms with E-state index in [0.29, 0.717) is 101 Å². The number of nitrogens with one attached hydrogen (secondary N) is 2. The summed E-state index contributed by atoms with van der Waals surface area (Å²) in [7, 11) is 5.40. The van der Waals surface area contributed by atoms with E-state index in [0.717, 1.165) is 123 Å². The van der Waals surface area contributed by atoms with Crippen molar-refractivity contribution in [3.63, 3.8) is 0 Å². The lowest BCUT2D eigenvalue weighted by Gasteiger charge is -2.06. The number of H-pyrrole nitrogens is 2. The van der Waals surface area contributed by atoms with Crippen LogP contribution in [0.25, 0.3) is 102 Å². The summed E-state index contributed by atoms with van der Waals surface area (Å²) in [6.45, 7) is 50.3. The van der Waals surface area contributed by atoms with Gasteiger partial charge in [-0.3, -0.25) is 38.3 Å². The van der Waals surface area contributed by atoms with Gasteiger partial charge in [0, 0.05) is 80.3 Å². The second-order valence-corrected chi connectivity index (χ2v) is 37.5. The molecule has 9 aromatic carbocycles. The van der Waals surface area contributed by atoms with E-state index in [1.165, 1.54) is 40.5 Å². The average molecular weight is 1950 g/mol. The smallest absolute Gasteiger partial charge is 0.184 e. The Morgan fingerprint density at radius 1 is 0.306 bits per heavy atom. The Hall–Kier alpha value is -15.0. The molecule has 31 heteroatoms. The summed E-state index contributed by atoms with van der Waals surface area (Å²) in [5.41, 5.74) is 17.5. The van der Waals surface area contributed by atoms with Gasteiger partial charge in [0.2, 0.25) is 0 Å². The predicted molar refractivity (Wildman–Crippen MR) is 570 cm³/mol. The van der Waals surface area contributed by atoms with Gasteiger partial charge in [0.05, 0.1) is 29.8 Å². The molecule has 0 aliphatic carbocycles. The minimum Gasteiger partial charge on any atom is -0.383 e. The predicted octanol–water partition coefficient (Wildman–Crippen LogP) is 26.4. The molecule has 0 spiro atoms. The zero-order valence-corrected chi connectivity index (χ0v) is 88.1. The molecule has 0 saturated heterocycles. The maximum Gasteiger partial charge on any atom is 0.184 e. The van der Waals surface area contributed by atoms with E-state index in [9.17, 15) is 13.2 Å². The first-order chi connectivity index (χ1) is 69.1. The van der Waals surface area contributed by atoms with Gasteiger partial charge in [0.1, 0.15) is 73.9 Å². The molecule has 0 amide bonds. The molecule has 9 aromatic heterocycles. The van der Waals surface area contributed by atoms with Crippen molar-refractivity contribution in [1.82, 2.24) is 134 Å². The Morgan fingerprint density at radius 3 is 0.951 bits per heavy atom. The number of hydrogen-bond acceptors (Lipinski definition) is 19. The molecule has 9 heterocycles. The second-order valence-electron chi connectivity index (χ2n) is 37.5. The number of hydrogen-bond donors (Lipinski definition) is 2. The van der Waals surface area contributed by atoms with Gasteiger partial charge in [-0.1, -0.05) is 294 Å². The summed E-state index contributed by atoms with van der Waals surface area (Å²) >= 11 is 0. The summed E-state index contributed by atoms with van der Waals surface area (Å²) in [5.74, 6) is 10.0. The molecular formula is C113H142F3N27O. The maximum atomic E-state index is 14.0. The number of benzene rings is 9. The molecule has 0 aliphatic heterocycles. The van der Waals surface area contributed by atoms with Gasteiger partial charge in [-0.15, -0.1) is 0 Å². The van der Waals surface area contributed by atoms with Gasteiger partial charge in [0.15, 0.2) is 52.4 Å². The summed E-state index contributed by atoms with van der Waals surface area (Å²) in [4.78, 5) is 37.8. The van der Waals surface area contributed by atoms with Crippen molar-refractivity contribution >= 4 is 0 Å². The van der Waals surface area contributed by atoms with Crippen LogP contribution in [-0.2, 0) is 45.0 Å². The molecule has 144 heavy (non-hydrogen) atoms. The highest BCUT2D eigenvalue weighted by atomic mass is 19.1.